The average molecular weight is 255 g/mol. The largest absolute Gasteiger partial charge is 0.393 e. The molecular weight excluding hydrogens is 242 g/mol. The van der Waals surface area contributed by atoms with Gasteiger partial charge in [-0.3, -0.25) is 4.79 Å². The summed E-state index contributed by atoms with van der Waals surface area (Å²) in [5.41, 5.74) is 6.54. The summed E-state index contributed by atoms with van der Waals surface area (Å²) in [5, 5.41) is 3.42. The Kier molecular flexibility index (Phi) is 3.20. The van der Waals surface area contributed by atoms with Crippen molar-refractivity contribution in [3.63, 3.8) is 0 Å². The van der Waals surface area contributed by atoms with Crippen molar-refractivity contribution in [2.24, 2.45) is 11.7 Å². The van der Waals surface area contributed by atoms with Gasteiger partial charge in [0.1, 0.15) is 0 Å². The summed E-state index contributed by atoms with van der Waals surface area (Å²) in [4.78, 5) is 17.5. The van der Waals surface area contributed by atoms with Crippen molar-refractivity contribution < 1.29 is 4.79 Å². The Bertz CT molecular complexity index is 420. The van der Waals surface area contributed by atoms with Crippen LogP contribution < -0.4 is 11.1 Å². The molecule has 2 rings (SSSR count). The van der Waals surface area contributed by atoms with E-state index in [1.807, 2.05) is 0 Å². The standard InChI is InChI=1S/C10H13N3OS2/c1-5(8(11)15)9(14)13-10-12-6-3-2-4-7(6)16-10/h5H,2-4H2,1H3,(H2,11,15)(H,12,13,14). The first-order chi connectivity index (χ1) is 7.58. The molecule has 1 heterocycles. The number of nitrogens with one attached hydrogen (secondary N) is 1. The molecule has 0 fully saturated rings. The van der Waals surface area contributed by atoms with Crippen molar-refractivity contribution in [1.29, 1.82) is 0 Å². The number of carbonyl (C=O) groups excluding carboxylic acids is 1. The molecule has 1 amide bonds. The zero-order chi connectivity index (χ0) is 11.7. The van der Waals surface area contributed by atoms with Crippen molar-refractivity contribution in [3.8, 4) is 0 Å². The molecule has 1 atom stereocenters. The lowest BCUT2D eigenvalue weighted by molar-refractivity contribution is -0.117. The van der Waals surface area contributed by atoms with E-state index >= 15 is 0 Å². The van der Waals surface area contributed by atoms with Crippen LogP contribution in [0.1, 0.15) is 23.9 Å². The zero-order valence-corrected chi connectivity index (χ0v) is 10.6. The van der Waals surface area contributed by atoms with Crippen LogP contribution in [-0.4, -0.2) is 15.9 Å². The normalized spacial score (nSPS) is 15.6. The minimum Gasteiger partial charge on any atom is -0.393 e. The van der Waals surface area contributed by atoms with Gasteiger partial charge >= 0.3 is 0 Å². The third-order valence-electron chi connectivity index (χ3n) is 2.65. The topological polar surface area (TPSA) is 68.0 Å². The van der Waals surface area contributed by atoms with Crippen LogP contribution in [0.25, 0.3) is 0 Å². The molecule has 6 heteroatoms. The fourth-order valence-corrected chi connectivity index (χ4v) is 2.75. The van der Waals surface area contributed by atoms with Gasteiger partial charge in [0.15, 0.2) is 5.13 Å². The molecule has 1 aromatic heterocycles. The first-order valence-electron chi connectivity index (χ1n) is 5.16. The predicted molar refractivity (Wildman–Crippen MR) is 68.7 cm³/mol. The number of hydrogen-bond donors (Lipinski definition) is 2. The highest BCUT2D eigenvalue weighted by Gasteiger charge is 2.20. The molecule has 16 heavy (non-hydrogen) atoms. The Morgan fingerprint density at radius 3 is 3.00 bits per heavy atom. The molecule has 0 aromatic carbocycles. The minimum absolute atomic E-state index is 0.181. The Morgan fingerprint density at radius 2 is 2.38 bits per heavy atom. The van der Waals surface area contributed by atoms with Crippen molar-refractivity contribution in [2.45, 2.75) is 26.2 Å². The Labute approximate surface area is 103 Å². The van der Waals surface area contributed by atoms with Gasteiger partial charge in [-0.2, -0.15) is 0 Å². The number of nitrogens with two attached hydrogens (primary N) is 1. The highest BCUT2D eigenvalue weighted by Crippen LogP contribution is 2.30. The molecular formula is C10H13N3OS2. The molecule has 1 aromatic rings. The van der Waals surface area contributed by atoms with E-state index in [9.17, 15) is 4.79 Å². The van der Waals surface area contributed by atoms with Gasteiger partial charge in [0.25, 0.3) is 0 Å². The third-order valence-corrected chi connectivity index (χ3v) is 4.07. The zero-order valence-electron chi connectivity index (χ0n) is 8.95. The van der Waals surface area contributed by atoms with E-state index in [1.165, 1.54) is 11.3 Å². The van der Waals surface area contributed by atoms with Crippen LogP contribution in [0.3, 0.4) is 0 Å². The SMILES string of the molecule is CC(C(=O)Nc1nc2c(s1)CCC2)C(N)=S. The average Bonchev–Trinajstić information content (AvgIpc) is 2.76. The summed E-state index contributed by atoms with van der Waals surface area (Å²) in [6.45, 7) is 1.69. The van der Waals surface area contributed by atoms with Crippen LogP contribution in [0.15, 0.2) is 0 Å². The van der Waals surface area contributed by atoms with Crippen molar-refractivity contribution in [1.82, 2.24) is 4.98 Å². The van der Waals surface area contributed by atoms with Gasteiger partial charge in [0, 0.05) is 4.88 Å². The molecule has 1 aliphatic carbocycles. The minimum atomic E-state index is -0.450. The molecule has 86 valence electrons. The lowest BCUT2D eigenvalue weighted by atomic mass is 10.2. The quantitative estimate of drug-likeness (QED) is 0.803. The third kappa shape index (κ3) is 2.22. The van der Waals surface area contributed by atoms with E-state index in [1.54, 1.807) is 18.3 Å². The molecule has 0 spiro atoms. The number of aryl methyl sites for hydroxylation is 2. The molecule has 0 saturated heterocycles. The van der Waals surface area contributed by atoms with Crippen molar-refractivity contribution in [2.75, 3.05) is 5.32 Å². The number of anilines is 1. The monoisotopic (exact) mass is 255 g/mol. The molecule has 0 bridgehead atoms. The molecule has 0 aliphatic heterocycles. The number of nitrogens with zero attached hydrogens (tertiary/aromatic N) is 1. The number of amides is 1. The van der Waals surface area contributed by atoms with Crippen molar-refractivity contribution in [3.05, 3.63) is 10.6 Å². The van der Waals surface area contributed by atoms with Gasteiger partial charge in [-0.15, -0.1) is 11.3 Å². The van der Waals surface area contributed by atoms with Gasteiger partial charge in [-0.25, -0.2) is 4.98 Å². The number of thiocarbonyl (C=S) groups is 1. The van der Waals surface area contributed by atoms with Gasteiger partial charge in [-0.05, 0) is 26.2 Å². The number of fused-ring (bicyclic) bond motifs is 1. The van der Waals surface area contributed by atoms with Gasteiger partial charge in [-0.1, -0.05) is 12.2 Å². The van der Waals surface area contributed by atoms with Gasteiger partial charge < -0.3 is 11.1 Å². The van der Waals surface area contributed by atoms with Crippen LogP contribution in [-0.2, 0) is 17.6 Å². The lowest BCUT2D eigenvalue weighted by Gasteiger charge is -2.07. The van der Waals surface area contributed by atoms with Crippen molar-refractivity contribution >= 4 is 39.6 Å². The number of carbonyl (C=O) groups is 1. The maximum Gasteiger partial charge on any atom is 0.235 e. The van der Waals surface area contributed by atoms with Gasteiger partial charge in [0.05, 0.1) is 16.6 Å². The molecule has 1 unspecified atom stereocenters. The van der Waals surface area contributed by atoms with E-state index in [0.29, 0.717) is 5.13 Å². The number of hydrogen-bond acceptors (Lipinski definition) is 4. The Hall–Kier alpha value is -1.01. The number of thiazole rings is 1. The second kappa shape index (κ2) is 4.47. The highest BCUT2D eigenvalue weighted by molar-refractivity contribution is 7.80. The summed E-state index contributed by atoms with van der Waals surface area (Å²) in [5.74, 6) is -0.631. The van der Waals surface area contributed by atoms with Gasteiger partial charge in [0.2, 0.25) is 5.91 Å². The smallest absolute Gasteiger partial charge is 0.235 e. The lowest BCUT2D eigenvalue weighted by Crippen LogP contribution is -2.30. The molecule has 4 nitrogen and oxygen atoms in total. The van der Waals surface area contributed by atoms with Crippen LogP contribution in [0.4, 0.5) is 5.13 Å². The predicted octanol–water partition coefficient (Wildman–Crippen LogP) is 1.49. The molecule has 0 saturated carbocycles. The van der Waals surface area contributed by atoms with E-state index in [-0.39, 0.29) is 10.9 Å². The second-order valence-electron chi connectivity index (χ2n) is 3.86. The highest BCUT2D eigenvalue weighted by atomic mass is 32.1. The summed E-state index contributed by atoms with van der Waals surface area (Å²) < 4.78 is 0. The van der Waals surface area contributed by atoms with Crippen LogP contribution in [0, 0.1) is 5.92 Å². The first kappa shape index (κ1) is 11.5. The fraction of sp³-hybridized carbons (Fsp3) is 0.500. The second-order valence-corrected chi connectivity index (χ2v) is 5.41. The molecule has 0 radical (unpaired) electrons. The number of rotatable bonds is 3. The number of aromatic nitrogens is 1. The maximum absolute atomic E-state index is 11.7. The summed E-state index contributed by atoms with van der Waals surface area (Å²) >= 11 is 6.33. The van der Waals surface area contributed by atoms with E-state index in [4.69, 9.17) is 18.0 Å². The maximum atomic E-state index is 11.7. The van der Waals surface area contributed by atoms with E-state index in [2.05, 4.69) is 10.3 Å². The van der Waals surface area contributed by atoms with Crippen LogP contribution >= 0.6 is 23.6 Å². The van der Waals surface area contributed by atoms with E-state index < -0.39 is 5.92 Å². The summed E-state index contributed by atoms with van der Waals surface area (Å²) in [7, 11) is 0. The molecule has 1 aliphatic rings. The van der Waals surface area contributed by atoms with E-state index in [0.717, 1.165) is 18.5 Å². The first-order valence-corrected chi connectivity index (χ1v) is 6.39. The Balaban J connectivity index is 2.04. The Morgan fingerprint density at radius 1 is 1.62 bits per heavy atom. The summed E-state index contributed by atoms with van der Waals surface area (Å²) in [6, 6.07) is 0. The fourth-order valence-electron chi connectivity index (χ4n) is 1.59. The summed E-state index contributed by atoms with van der Waals surface area (Å²) in [6.07, 6.45) is 3.27. The molecule has 3 N–H and O–H groups in total. The van der Waals surface area contributed by atoms with Crippen LogP contribution in [0.2, 0.25) is 0 Å². The van der Waals surface area contributed by atoms with Crippen LogP contribution in [0.5, 0.6) is 0 Å².